The van der Waals surface area contributed by atoms with Crippen molar-refractivity contribution in [3.8, 4) is 0 Å². The van der Waals surface area contributed by atoms with Crippen molar-refractivity contribution in [1.29, 1.82) is 0 Å². The molecule has 0 aliphatic carbocycles. The molecule has 2 aliphatic heterocycles. The van der Waals surface area contributed by atoms with Crippen LogP contribution in [-0.4, -0.2) is 55.9 Å². The molecular weight excluding hydrogens is 420 g/mol. The SMILES string of the molecule is CCCCCS(=O)(=O)NC(C)C(=O)NC[C@H]1[C@@H](C/C=C\CCCC(=O)O)[C@H]2CC[C@@H]1O2. The van der Waals surface area contributed by atoms with E-state index in [9.17, 15) is 18.0 Å². The largest absolute Gasteiger partial charge is 0.481 e. The highest BCUT2D eigenvalue weighted by Gasteiger charge is 2.48. The van der Waals surface area contributed by atoms with Gasteiger partial charge in [-0.3, -0.25) is 9.59 Å². The van der Waals surface area contributed by atoms with E-state index in [2.05, 4.69) is 16.1 Å². The fraction of sp³-hybridized carbons (Fsp3) is 0.818. The summed E-state index contributed by atoms with van der Waals surface area (Å²) in [6.45, 7) is 4.05. The Labute approximate surface area is 186 Å². The predicted octanol–water partition coefficient (Wildman–Crippen LogP) is 2.60. The Balaban J connectivity index is 1.78. The molecule has 178 valence electrons. The quantitative estimate of drug-likeness (QED) is 0.256. The topological polar surface area (TPSA) is 122 Å². The Morgan fingerprint density at radius 1 is 1.13 bits per heavy atom. The zero-order valence-corrected chi connectivity index (χ0v) is 19.5. The molecule has 0 saturated carbocycles. The van der Waals surface area contributed by atoms with Crippen LogP contribution in [0.2, 0.25) is 0 Å². The zero-order chi connectivity index (χ0) is 22.9. The van der Waals surface area contributed by atoms with E-state index in [1.165, 1.54) is 0 Å². The van der Waals surface area contributed by atoms with Gasteiger partial charge in [-0.05, 0) is 51.4 Å². The van der Waals surface area contributed by atoms with Crippen molar-refractivity contribution in [3.05, 3.63) is 12.2 Å². The molecule has 2 fully saturated rings. The molecule has 3 N–H and O–H groups in total. The van der Waals surface area contributed by atoms with Gasteiger partial charge in [0.15, 0.2) is 0 Å². The summed E-state index contributed by atoms with van der Waals surface area (Å²) in [5.41, 5.74) is 0. The van der Waals surface area contributed by atoms with Crippen LogP contribution in [0.5, 0.6) is 0 Å². The molecule has 0 aromatic heterocycles. The monoisotopic (exact) mass is 458 g/mol. The average molecular weight is 459 g/mol. The summed E-state index contributed by atoms with van der Waals surface area (Å²) < 4.78 is 32.8. The lowest BCUT2D eigenvalue weighted by molar-refractivity contribution is -0.137. The number of fused-ring (bicyclic) bond motifs is 2. The van der Waals surface area contributed by atoms with Crippen molar-refractivity contribution in [1.82, 2.24) is 10.0 Å². The van der Waals surface area contributed by atoms with Crippen LogP contribution >= 0.6 is 0 Å². The van der Waals surface area contributed by atoms with E-state index in [0.717, 1.165) is 38.5 Å². The van der Waals surface area contributed by atoms with Crippen LogP contribution in [0.15, 0.2) is 12.2 Å². The number of aliphatic carboxylic acids is 1. The lowest BCUT2D eigenvalue weighted by Crippen LogP contribution is -2.48. The molecule has 0 aromatic carbocycles. The number of nitrogens with one attached hydrogen (secondary N) is 2. The number of sulfonamides is 1. The maximum absolute atomic E-state index is 12.5. The van der Waals surface area contributed by atoms with Gasteiger partial charge in [-0.15, -0.1) is 0 Å². The van der Waals surface area contributed by atoms with Crippen LogP contribution in [0.25, 0.3) is 0 Å². The number of amides is 1. The summed E-state index contributed by atoms with van der Waals surface area (Å²) in [4.78, 5) is 23.0. The molecule has 9 heteroatoms. The van der Waals surface area contributed by atoms with Gasteiger partial charge >= 0.3 is 5.97 Å². The molecular formula is C22H38N2O6S. The second kappa shape index (κ2) is 12.6. The first-order valence-corrected chi connectivity index (χ1v) is 13.2. The van der Waals surface area contributed by atoms with E-state index in [1.807, 2.05) is 13.0 Å². The van der Waals surface area contributed by atoms with Gasteiger partial charge in [-0.1, -0.05) is 31.9 Å². The van der Waals surface area contributed by atoms with Gasteiger partial charge in [0.2, 0.25) is 15.9 Å². The number of allylic oxidation sites excluding steroid dienone is 2. The molecule has 8 nitrogen and oxygen atoms in total. The Bertz CT molecular complexity index is 724. The van der Waals surface area contributed by atoms with Gasteiger partial charge in [-0.2, -0.15) is 0 Å². The summed E-state index contributed by atoms with van der Waals surface area (Å²) in [5.74, 6) is -0.525. The Morgan fingerprint density at radius 3 is 2.52 bits per heavy atom. The standard InChI is InChI=1S/C22H38N2O6S/c1-3-4-9-14-31(28,29)24-16(2)22(27)23-15-18-17(19-12-13-20(18)30-19)10-7-5-6-8-11-21(25)26/h5,7,16-20,24H,3-4,6,8-15H2,1-2H3,(H,23,27)(H,25,26)/b7-5-/t16?,17-,18+,19-,20+/m1/s1. The summed E-state index contributed by atoms with van der Waals surface area (Å²) in [6, 6.07) is -0.807. The zero-order valence-electron chi connectivity index (χ0n) is 18.7. The minimum Gasteiger partial charge on any atom is -0.481 e. The maximum Gasteiger partial charge on any atom is 0.303 e. The summed E-state index contributed by atoms with van der Waals surface area (Å²) in [7, 11) is -3.46. The van der Waals surface area contributed by atoms with Crippen molar-refractivity contribution >= 4 is 21.9 Å². The first-order chi connectivity index (χ1) is 14.7. The normalized spacial score (nSPS) is 26.4. The van der Waals surface area contributed by atoms with Gasteiger partial charge in [0.05, 0.1) is 24.0 Å². The van der Waals surface area contributed by atoms with Gasteiger partial charge in [0, 0.05) is 18.9 Å². The molecule has 2 aliphatic rings. The Kier molecular flexibility index (Phi) is 10.4. The molecule has 0 spiro atoms. The average Bonchev–Trinajstić information content (AvgIpc) is 3.30. The number of hydrogen-bond donors (Lipinski definition) is 3. The van der Waals surface area contributed by atoms with E-state index >= 15 is 0 Å². The van der Waals surface area contributed by atoms with E-state index in [1.54, 1.807) is 6.92 Å². The molecule has 1 unspecified atom stereocenters. The molecule has 31 heavy (non-hydrogen) atoms. The molecule has 1 amide bonds. The lowest BCUT2D eigenvalue weighted by atomic mass is 9.77. The molecule has 2 bridgehead atoms. The third-order valence-electron chi connectivity index (χ3n) is 6.20. The lowest BCUT2D eigenvalue weighted by Gasteiger charge is -2.28. The van der Waals surface area contributed by atoms with E-state index < -0.39 is 22.0 Å². The van der Waals surface area contributed by atoms with Crippen molar-refractivity contribution in [2.24, 2.45) is 11.8 Å². The van der Waals surface area contributed by atoms with Crippen molar-refractivity contribution < 1.29 is 27.9 Å². The first-order valence-electron chi connectivity index (χ1n) is 11.5. The first kappa shape index (κ1) is 25.8. The second-order valence-corrected chi connectivity index (χ2v) is 10.6. The third-order valence-corrected chi connectivity index (χ3v) is 7.74. The second-order valence-electron chi connectivity index (χ2n) is 8.72. The van der Waals surface area contributed by atoms with Crippen molar-refractivity contribution in [2.45, 2.75) is 89.9 Å². The smallest absolute Gasteiger partial charge is 0.303 e. The summed E-state index contributed by atoms with van der Waals surface area (Å²) >= 11 is 0. The fourth-order valence-corrected chi connectivity index (χ4v) is 5.87. The van der Waals surface area contributed by atoms with E-state index in [0.29, 0.717) is 25.3 Å². The van der Waals surface area contributed by atoms with Gasteiger partial charge < -0.3 is 15.2 Å². The number of unbranched alkanes of at least 4 members (excludes halogenated alkanes) is 3. The molecule has 0 aromatic rings. The van der Waals surface area contributed by atoms with Crippen LogP contribution in [0, 0.1) is 11.8 Å². The third kappa shape index (κ3) is 8.54. The van der Waals surface area contributed by atoms with Crippen LogP contribution < -0.4 is 10.0 Å². The van der Waals surface area contributed by atoms with E-state index in [4.69, 9.17) is 9.84 Å². The minimum absolute atomic E-state index is 0.0412. The van der Waals surface area contributed by atoms with E-state index in [-0.39, 0.29) is 36.2 Å². The van der Waals surface area contributed by atoms with Gasteiger partial charge in [0.25, 0.3) is 0 Å². The molecule has 2 rings (SSSR count). The molecule has 2 saturated heterocycles. The summed E-state index contributed by atoms with van der Waals surface area (Å²) in [5, 5.41) is 11.6. The number of rotatable bonds is 15. The number of carboxylic acid groups (broad SMARTS) is 1. The summed E-state index contributed by atoms with van der Waals surface area (Å²) in [6.07, 6.45) is 11.2. The highest BCUT2D eigenvalue weighted by Crippen LogP contribution is 2.44. The molecule has 5 atom stereocenters. The van der Waals surface area contributed by atoms with Gasteiger partial charge in [0.1, 0.15) is 0 Å². The number of carbonyl (C=O) groups excluding carboxylic acids is 1. The highest BCUT2D eigenvalue weighted by molar-refractivity contribution is 7.89. The van der Waals surface area contributed by atoms with Crippen LogP contribution in [0.4, 0.5) is 0 Å². The molecule has 2 heterocycles. The number of carbonyl (C=O) groups is 2. The van der Waals surface area contributed by atoms with Crippen molar-refractivity contribution in [3.63, 3.8) is 0 Å². The number of ether oxygens (including phenoxy) is 1. The minimum atomic E-state index is -3.46. The fourth-order valence-electron chi connectivity index (χ4n) is 4.52. The van der Waals surface area contributed by atoms with Crippen LogP contribution in [0.1, 0.15) is 71.6 Å². The highest BCUT2D eigenvalue weighted by atomic mass is 32.2. The Hall–Kier alpha value is -1.45. The molecule has 0 radical (unpaired) electrons. The van der Waals surface area contributed by atoms with Crippen LogP contribution in [0.3, 0.4) is 0 Å². The maximum atomic E-state index is 12.5. The van der Waals surface area contributed by atoms with Gasteiger partial charge in [-0.25, -0.2) is 13.1 Å². The Morgan fingerprint density at radius 2 is 1.84 bits per heavy atom. The number of hydrogen-bond acceptors (Lipinski definition) is 5. The van der Waals surface area contributed by atoms with Crippen molar-refractivity contribution in [2.75, 3.05) is 12.3 Å². The number of carboxylic acids is 1. The predicted molar refractivity (Wildman–Crippen MR) is 119 cm³/mol. The van der Waals surface area contributed by atoms with Crippen LogP contribution in [-0.2, 0) is 24.3 Å².